The number of anilines is 1. The highest BCUT2D eigenvalue weighted by Gasteiger charge is 2.21. The largest absolute Gasteiger partial charge is 0.375 e. The molecule has 6 heteroatoms. The molecule has 2 rings (SSSR count). The lowest BCUT2D eigenvalue weighted by atomic mass is 10.1. The van der Waals surface area contributed by atoms with Gasteiger partial charge in [0.05, 0.1) is 12.7 Å². The van der Waals surface area contributed by atoms with E-state index in [0.717, 1.165) is 0 Å². The standard InChI is InChI=1S/C17H25N3O3/c1-12-11-20(8-9-23-12)16(22)18-14-7-5-6-13(10-14)15(21)19-17(2,3)4/h5-7,10,12H,8-9,11H2,1-4H3,(H,18,22)(H,19,21). The van der Waals surface area contributed by atoms with Gasteiger partial charge >= 0.3 is 6.03 Å². The number of rotatable bonds is 2. The SMILES string of the molecule is CC1CN(C(=O)Nc2cccc(C(=O)NC(C)(C)C)c2)CCO1. The fourth-order valence-electron chi connectivity index (χ4n) is 2.36. The number of hydrogen-bond donors (Lipinski definition) is 2. The van der Waals surface area contributed by atoms with Crippen LogP contribution in [0.1, 0.15) is 38.1 Å². The van der Waals surface area contributed by atoms with Crippen LogP contribution in [0.4, 0.5) is 10.5 Å². The Morgan fingerprint density at radius 3 is 2.70 bits per heavy atom. The van der Waals surface area contributed by atoms with Crippen molar-refractivity contribution < 1.29 is 14.3 Å². The van der Waals surface area contributed by atoms with Crippen LogP contribution in [-0.2, 0) is 4.74 Å². The van der Waals surface area contributed by atoms with Crippen LogP contribution in [0.5, 0.6) is 0 Å². The average Bonchev–Trinajstić information content (AvgIpc) is 2.45. The van der Waals surface area contributed by atoms with E-state index in [4.69, 9.17) is 4.74 Å². The van der Waals surface area contributed by atoms with Gasteiger partial charge in [0.15, 0.2) is 0 Å². The second kappa shape index (κ2) is 7.00. The first-order chi connectivity index (χ1) is 10.7. The van der Waals surface area contributed by atoms with E-state index >= 15 is 0 Å². The minimum atomic E-state index is -0.305. The summed E-state index contributed by atoms with van der Waals surface area (Å²) in [7, 11) is 0. The van der Waals surface area contributed by atoms with Gasteiger partial charge in [0.1, 0.15) is 0 Å². The minimum Gasteiger partial charge on any atom is -0.375 e. The maximum absolute atomic E-state index is 12.3. The molecule has 1 aliphatic heterocycles. The molecular weight excluding hydrogens is 294 g/mol. The number of ether oxygens (including phenoxy) is 1. The van der Waals surface area contributed by atoms with Gasteiger partial charge in [0.2, 0.25) is 0 Å². The number of carbonyl (C=O) groups excluding carboxylic acids is 2. The van der Waals surface area contributed by atoms with Crippen molar-refractivity contribution in [3.8, 4) is 0 Å². The number of hydrogen-bond acceptors (Lipinski definition) is 3. The van der Waals surface area contributed by atoms with Crippen molar-refractivity contribution >= 4 is 17.6 Å². The van der Waals surface area contributed by atoms with Crippen LogP contribution in [-0.4, -0.2) is 48.2 Å². The van der Waals surface area contributed by atoms with Crippen molar-refractivity contribution in [2.75, 3.05) is 25.0 Å². The fraction of sp³-hybridized carbons (Fsp3) is 0.529. The normalized spacial score (nSPS) is 18.4. The van der Waals surface area contributed by atoms with Gasteiger partial charge in [-0.25, -0.2) is 4.79 Å². The van der Waals surface area contributed by atoms with Crippen molar-refractivity contribution in [1.29, 1.82) is 0 Å². The molecule has 0 radical (unpaired) electrons. The van der Waals surface area contributed by atoms with Gasteiger partial charge in [-0.05, 0) is 45.9 Å². The zero-order valence-electron chi connectivity index (χ0n) is 14.2. The highest BCUT2D eigenvalue weighted by Crippen LogP contribution is 2.14. The lowest BCUT2D eigenvalue weighted by Gasteiger charge is -2.31. The number of morpholine rings is 1. The van der Waals surface area contributed by atoms with E-state index in [2.05, 4.69) is 10.6 Å². The third-order valence-corrected chi connectivity index (χ3v) is 3.39. The lowest BCUT2D eigenvalue weighted by molar-refractivity contribution is -0.00138. The molecular formula is C17H25N3O3. The third kappa shape index (κ3) is 5.25. The molecule has 0 aromatic heterocycles. The summed E-state index contributed by atoms with van der Waals surface area (Å²) in [6, 6.07) is 6.77. The van der Waals surface area contributed by atoms with Crippen LogP contribution < -0.4 is 10.6 Å². The molecule has 1 heterocycles. The van der Waals surface area contributed by atoms with E-state index in [9.17, 15) is 9.59 Å². The number of nitrogens with zero attached hydrogens (tertiary/aromatic N) is 1. The molecule has 126 valence electrons. The molecule has 1 fully saturated rings. The molecule has 1 aromatic rings. The number of carbonyl (C=O) groups is 2. The van der Waals surface area contributed by atoms with E-state index in [0.29, 0.717) is 30.9 Å². The molecule has 23 heavy (non-hydrogen) atoms. The fourth-order valence-corrected chi connectivity index (χ4v) is 2.36. The molecule has 1 saturated heterocycles. The molecule has 1 aromatic carbocycles. The topological polar surface area (TPSA) is 70.7 Å². The van der Waals surface area contributed by atoms with Crippen molar-refractivity contribution in [2.45, 2.75) is 39.3 Å². The molecule has 0 aliphatic carbocycles. The van der Waals surface area contributed by atoms with Gasteiger partial charge in [0, 0.05) is 29.9 Å². The average molecular weight is 319 g/mol. The molecule has 0 spiro atoms. The molecule has 0 saturated carbocycles. The molecule has 0 bridgehead atoms. The first-order valence-corrected chi connectivity index (χ1v) is 7.85. The molecule has 6 nitrogen and oxygen atoms in total. The predicted octanol–water partition coefficient (Wildman–Crippen LogP) is 2.47. The monoisotopic (exact) mass is 319 g/mol. The molecule has 1 aliphatic rings. The Kier molecular flexibility index (Phi) is 5.26. The maximum atomic E-state index is 12.3. The van der Waals surface area contributed by atoms with Gasteiger partial charge in [-0.15, -0.1) is 0 Å². The summed E-state index contributed by atoms with van der Waals surface area (Å²) in [4.78, 5) is 26.2. The first-order valence-electron chi connectivity index (χ1n) is 7.85. The highest BCUT2D eigenvalue weighted by atomic mass is 16.5. The van der Waals surface area contributed by atoms with E-state index in [1.165, 1.54) is 0 Å². The second-order valence-corrected chi connectivity index (χ2v) is 6.84. The lowest BCUT2D eigenvalue weighted by Crippen LogP contribution is -2.46. The van der Waals surface area contributed by atoms with Gasteiger partial charge in [-0.2, -0.15) is 0 Å². The predicted molar refractivity (Wildman–Crippen MR) is 89.7 cm³/mol. The smallest absolute Gasteiger partial charge is 0.322 e. The Labute approximate surface area is 137 Å². The van der Waals surface area contributed by atoms with E-state index < -0.39 is 0 Å². The van der Waals surface area contributed by atoms with E-state index in [1.54, 1.807) is 29.2 Å². The molecule has 2 N–H and O–H groups in total. The van der Waals surface area contributed by atoms with E-state index in [-0.39, 0.29) is 23.6 Å². The molecule has 1 unspecified atom stereocenters. The van der Waals surface area contributed by atoms with Crippen LogP contribution in [0.25, 0.3) is 0 Å². The number of amides is 3. The summed E-state index contributed by atoms with van der Waals surface area (Å²) in [5.41, 5.74) is 0.823. The third-order valence-electron chi connectivity index (χ3n) is 3.39. The zero-order chi connectivity index (χ0) is 17.0. The van der Waals surface area contributed by atoms with Crippen molar-refractivity contribution in [3.63, 3.8) is 0 Å². The summed E-state index contributed by atoms with van der Waals surface area (Å²) < 4.78 is 5.43. The van der Waals surface area contributed by atoms with Crippen molar-refractivity contribution in [1.82, 2.24) is 10.2 Å². The summed E-state index contributed by atoms with van der Waals surface area (Å²) in [5, 5.41) is 5.75. The highest BCUT2D eigenvalue weighted by molar-refractivity contribution is 5.97. The molecule has 3 amide bonds. The Morgan fingerprint density at radius 1 is 1.30 bits per heavy atom. The van der Waals surface area contributed by atoms with Crippen molar-refractivity contribution in [2.24, 2.45) is 0 Å². The van der Waals surface area contributed by atoms with Crippen LogP contribution in [0.3, 0.4) is 0 Å². The first kappa shape index (κ1) is 17.3. The van der Waals surface area contributed by atoms with Gasteiger partial charge < -0.3 is 20.3 Å². The number of benzene rings is 1. The van der Waals surface area contributed by atoms with Crippen LogP contribution in [0.2, 0.25) is 0 Å². The quantitative estimate of drug-likeness (QED) is 0.880. The van der Waals surface area contributed by atoms with Crippen LogP contribution in [0.15, 0.2) is 24.3 Å². The van der Waals surface area contributed by atoms with Crippen LogP contribution in [0, 0.1) is 0 Å². The Balaban J connectivity index is 2.02. The zero-order valence-corrected chi connectivity index (χ0v) is 14.2. The van der Waals surface area contributed by atoms with E-state index in [1.807, 2.05) is 27.7 Å². The summed E-state index contributed by atoms with van der Waals surface area (Å²) in [6.45, 7) is 9.40. The summed E-state index contributed by atoms with van der Waals surface area (Å²) >= 11 is 0. The summed E-state index contributed by atoms with van der Waals surface area (Å²) in [6.07, 6.45) is 0.0402. The van der Waals surface area contributed by atoms with Gasteiger partial charge in [-0.1, -0.05) is 6.07 Å². The molecule has 1 atom stereocenters. The second-order valence-electron chi connectivity index (χ2n) is 6.84. The summed E-state index contributed by atoms with van der Waals surface area (Å²) in [5.74, 6) is -0.159. The number of urea groups is 1. The van der Waals surface area contributed by atoms with Crippen molar-refractivity contribution in [3.05, 3.63) is 29.8 Å². The Hall–Kier alpha value is -2.08. The van der Waals surface area contributed by atoms with Gasteiger partial charge in [-0.3, -0.25) is 4.79 Å². The van der Waals surface area contributed by atoms with Gasteiger partial charge in [0.25, 0.3) is 5.91 Å². The van der Waals surface area contributed by atoms with Crippen LogP contribution >= 0.6 is 0 Å². The number of nitrogens with one attached hydrogen (secondary N) is 2. The Bertz CT molecular complexity index is 581. The Morgan fingerprint density at radius 2 is 2.04 bits per heavy atom. The maximum Gasteiger partial charge on any atom is 0.322 e. The minimum absolute atomic E-state index is 0.0402.